The third-order valence-corrected chi connectivity index (χ3v) is 1.91. The van der Waals surface area contributed by atoms with E-state index >= 15 is 0 Å². The highest BCUT2D eigenvalue weighted by atomic mass is 19.4. The van der Waals surface area contributed by atoms with Crippen LogP contribution in [0.2, 0.25) is 0 Å². The van der Waals surface area contributed by atoms with Crippen molar-refractivity contribution < 1.29 is 18.0 Å². The van der Waals surface area contributed by atoms with E-state index in [1.165, 1.54) is 12.3 Å². The summed E-state index contributed by atoms with van der Waals surface area (Å²) < 4.78 is 35.6. The minimum absolute atomic E-state index is 0.252. The molecule has 1 aromatic rings. The highest BCUT2D eigenvalue weighted by Crippen LogP contribution is 2.14. The summed E-state index contributed by atoms with van der Waals surface area (Å²) in [5.41, 5.74) is 8.23. The van der Waals surface area contributed by atoms with Gasteiger partial charge in [0.1, 0.15) is 0 Å². The van der Waals surface area contributed by atoms with Gasteiger partial charge in [0.05, 0.1) is 5.71 Å². The van der Waals surface area contributed by atoms with E-state index < -0.39 is 12.1 Å². The molecule has 7 heteroatoms. The Morgan fingerprint density at radius 2 is 1.82 bits per heavy atom. The summed E-state index contributed by atoms with van der Waals surface area (Å²) in [5, 5.41) is 3.35. The first-order valence-corrected chi connectivity index (χ1v) is 4.58. The number of anilines is 1. The molecule has 1 amide bonds. The molecule has 0 radical (unpaired) electrons. The summed E-state index contributed by atoms with van der Waals surface area (Å²) in [5.74, 6) is -2.10. The van der Waals surface area contributed by atoms with Crippen molar-refractivity contribution in [1.29, 1.82) is 0 Å². The molecular formula is C10H10F3N3O. The Morgan fingerprint density at radius 1 is 1.29 bits per heavy atom. The Kier molecular flexibility index (Phi) is 3.72. The van der Waals surface area contributed by atoms with Crippen LogP contribution in [0.15, 0.2) is 29.4 Å². The van der Waals surface area contributed by atoms with Crippen molar-refractivity contribution in [3.63, 3.8) is 0 Å². The Hall–Kier alpha value is -2.05. The molecule has 1 aromatic carbocycles. The molecule has 0 spiro atoms. The van der Waals surface area contributed by atoms with Gasteiger partial charge in [-0.15, -0.1) is 0 Å². The fourth-order valence-electron chi connectivity index (χ4n) is 0.987. The van der Waals surface area contributed by atoms with Crippen molar-refractivity contribution in [3.8, 4) is 0 Å². The summed E-state index contributed by atoms with van der Waals surface area (Å²) in [6.07, 6.45) is -4.94. The molecule has 0 heterocycles. The van der Waals surface area contributed by atoms with Crippen molar-refractivity contribution in [1.82, 2.24) is 5.43 Å². The van der Waals surface area contributed by atoms with Gasteiger partial charge < -0.3 is 5.73 Å². The number of hydrogen-bond donors (Lipinski definition) is 2. The lowest BCUT2D eigenvalue weighted by molar-refractivity contribution is -0.173. The van der Waals surface area contributed by atoms with Gasteiger partial charge in [0.25, 0.3) is 0 Å². The summed E-state index contributed by atoms with van der Waals surface area (Å²) in [4.78, 5) is 10.5. The van der Waals surface area contributed by atoms with Gasteiger partial charge in [0, 0.05) is 5.69 Å². The quantitative estimate of drug-likeness (QED) is 0.473. The maximum atomic E-state index is 11.9. The van der Waals surface area contributed by atoms with Gasteiger partial charge in [0.2, 0.25) is 0 Å². The number of benzene rings is 1. The van der Waals surface area contributed by atoms with E-state index in [0.29, 0.717) is 11.3 Å². The molecule has 0 bridgehead atoms. The predicted molar refractivity (Wildman–Crippen MR) is 57.3 cm³/mol. The number of carbonyl (C=O) groups is 1. The van der Waals surface area contributed by atoms with Crippen LogP contribution < -0.4 is 11.2 Å². The van der Waals surface area contributed by atoms with Crippen LogP contribution in [0.3, 0.4) is 0 Å². The molecule has 0 aromatic heterocycles. The van der Waals surface area contributed by atoms with Gasteiger partial charge in [-0.1, -0.05) is 12.1 Å². The van der Waals surface area contributed by atoms with E-state index in [1.54, 1.807) is 24.3 Å². The Morgan fingerprint density at radius 3 is 2.29 bits per heavy atom. The van der Waals surface area contributed by atoms with Crippen LogP contribution >= 0.6 is 0 Å². The lowest BCUT2D eigenvalue weighted by Crippen LogP contribution is -2.34. The Balaban J connectivity index is 2.74. The van der Waals surface area contributed by atoms with Crippen LogP contribution in [-0.4, -0.2) is 17.8 Å². The van der Waals surface area contributed by atoms with E-state index in [1.807, 2.05) is 0 Å². The fraction of sp³-hybridized carbons (Fsp3) is 0.200. The zero-order chi connectivity index (χ0) is 13.1. The summed E-state index contributed by atoms with van der Waals surface area (Å²) in [6.45, 7) is 1.47. The molecule has 0 atom stereocenters. The predicted octanol–water partition coefficient (Wildman–Crippen LogP) is 1.67. The van der Waals surface area contributed by atoms with Crippen molar-refractivity contribution in [2.45, 2.75) is 13.1 Å². The first-order chi connectivity index (χ1) is 7.80. The Bertz CT molecular complexity index is 437. The number of nitrogens with one attached hydrogen (secondary N) is 1. The highest BCUT2D eigenvalue weighted by molar-refractivity contribution is 5.99. The average molecular weight is 245 g/mol. The zero-order valence-corrected chi connectivity index (χ0v) is 8.88. The van der Waals surface area contributed by atoms with E-state index in [2.05, 4.69) is 5.10 Å². The molecule has 0 aliphatic carbocycles. The maximum Gasteiger partial charge on any atom is 0.473 e. The second-order valence-corrected chi connectivity index (χ2v) is 3.26. The number of rotatable bonds is 2. The van der Waals surface area contributed by atoms with Crippen LogP contribution in [0.4, 0.5) is 18.9 Å². The van der Waals surface area contributed by atoms with Gasteiger partial charge in [-0.2, -0.15) is 18.3 Å². The number of nitrogens with zero attached hydrogens (tertiary/aromatic N) is 1. The largest absolute Gasteiger partial charge is 0.473 e. The van der Waals surface area contributed by atoms with Gasteiger partial charge in [-0.3, -0.25) is 4.79 Å². The third kappa shape index (κ3) is 3.78. The molecule has 4 nitrogen and oxygen atoms in total. The standard InChI is InChI=1S/C10H10F3N3O/c1-6(7-2-4-8(14)5-3-7)15-16-9(17)10(11,12)13/h2-5H,14H2,1H3,(H,16,17)/b15-6-. The molecule has 0 aliphatic heterocycles. The van der Waals surface area contributed by atoms with E-state index in [9.17, 15) is 18.0 Å². The lowest BCUT2D eigenvalue weighted by atomic mass is 10.1. The molecule has 17 heavy (non-hydrogen) atoms. The monoisotopic (exact) mass is 245 g/mol. The maximum absolute atomic E-state index is 11.9. The van der Waals surface area contributed by atoms with E-state index in [4.69, 9.17) is 5.73 Å². The van der Waals surface area contributed by atoms with Crippen molar-refractivity contribution in [2.75, 3.05) is 5.73 Å². The van der Waals surface area contributed by atoms with E-state index in [-0.39, 0.29) is 5.71 Å². The fourth-order valence-corrected chi connectivity index (χ4v) is 0.987. The molecule has 0 fully saturated rings. The molecule has 0 aliphatic rings. The minimum atomic E-state index is -4.94. The number of halogens is 3. The lowest BCUT2D eigenvalue weighted by Gasteiger charge is -2.05. The van der Waals surface area contributed by atoms with Gasteiger partial charge >= 0.3 is 12.1 Å². The molecule has 92 valence electrons. The third-order valence-electron chi connectivity index (χ3n) is 1.91. The summed E-state index contributed by atoms with van der Waals surface area (Å²) >= 11 is 0. The molecule has 3 N–H and O–H groups in total. The van der Waals surface area contributed by atoms with Crippen molar-refractivity contribution in [2.24, 2.45) is 5.10 Å². The van der Waals surface area contributed by atoms with Gasteiger partial charge in [-0.05, 0) is 24.6 Å². The van der Waals surface area contributed by atoms with Crippen molar-refractivity contribution >= 4 is 17.3 Å². The van der Waals surface area contributed by atoms with Crippen LogP contribution in [0.5, 0.6) is 0 Å². The molecule has 0 saturated carbocycles. The number of amides is 1. The van der Waals surface area contributed by atoms with E-state index in [0.717, 1.165) is 0 Å². The van der Waals surface area contributed by atoms with Crippen LogP contribution in [0, 0.1) is 0 Å². The molecular weight excluding hydrogens is 235 g/mol. The van der Waals surface area contributed by atoms with Crippen LogP contribution in [0.25, 0.3) is 0 Å². The number of carbonyl (C=O) groups excluding carboxylic acids is 1. The summed E-state index contributed by atoms with van der Waals surface area (Å²) in [6, 6.07) is 6.35. The zero-order valence-electron chi connectivity index (χ0n) is 8.88. The first kappa shape index (κ1) is 13.0. The van der Waals surface area contributed by atoms with Gasteiger partial charge in [-0.25, -0.2) is 5.43 Å². The van der Waals surface area contributed by atoms with Gasteiger partial charge in [0.15, 0.2) is 0 Å². The molecule has 1 rings (SSSR count). The topological polar surface area (TPSA) is 67.5 Å². The SMILES string of the molecule is C/C(=N/NC(=O)C(F)(F)F)c1ccc(N)cc1. The number of hydrogen-bond acceptors (Lipinski definition) is 3. The number of hydrazone groups is 1. The number of alkyl halides is 3. The second kappa shape index (κ2) is 4.86. The van der Waals surface area contributed by atoms with Crippen molar-refractivity contribution in [3.05, 3.63) is 29.8 Å². The number of nitrogen functional groups attached to an aromatic ring is 1. The normalized spacial score (nSPS) is 12.4. The Labute approximate surface area is 95.3 Å². The molecule has 0 saturated heterocycles. The second-order valence-electron chi connectivity index (χ2n) is 3.26. The first-order valence-electron chi connectivity index (χ1n) is 4.58. The van der Waals surface area contributed by atoms with Crippen LogP contribution in [-0.2, 0) is 4.79 Å². The summed E-state index contributed by atoms with van der Waals surface area (Å²) in [7, 11) is 0. The smallest absolute Gasteiger partial charge is 0.399 e. The van der Waals surface area contributed by atoms with Crippen LogP contribution in [0.1, 0.15) is 12.5 Å². The average Bonchev–Trinajstić information content (AvgIpc) is 2.25. The highest BCUT2D eigenvalue weighted by Gasteiger charge is 2.38. The number of nitrogens with two attached hydrogens (primary N) is 1. The minimum Gasteiger partial charge on any atom is -0.399 e. The molecule has 0 unspecified atom stereocenters.